The highest BCUT2D eigenvalue weighted by Gasteiger charge is 2.21. The van der Waals surface area contributed by atoms with Crippen molar-refractivity contribution >= 4 is 6.16 Å². The summed E-state index contributed by atoms with van der Waals surface area (Å²) in [5.41, 5.74) is 0. The Balaban J connectivity index is 4.05. The Kier molecular flexibility index (Phi) is 4.71. The normalized spacial score (nSPS) is 11.0. The van der Waals surface area contributed by atoms with Crippen molar-refractivity contribution < 1.29 is 14.3 Å². The molecular formula is C9H18O3. The average molecular weight is 174 g/mol. The molecule has 0 bridgehead atoms. The molecule has 12 heavy (non-hydrogen) atoms. The van der Waals surface area contributed by atoms with Gasteiger partial charge in [0, 0.05) is 0 Å². The van der Waals surface area contributed by atoms with Gasteiger partial charge < -0.3 is 9.47 Å². The first-order valence-electron chi connectivity index (χ1n) is 4.23. The SMILES string of the molecule is COC(=O)OC(C(C)C)C(C)C. The molecule has 0 aromatic carbocycles. The Morgan fingerprint density at radius 1 is 1.08 bits per heavy atom. The number of hydrogen-bond acceptors (Lipinski definition) is 3. The van der Waals surface area contributed by atoms with Crippen LogP contribution in [0.1, 0.15) is 27.7 Å². The van der Waals surface area contributed by atoms with Gasteiger partial charge in [-0.25, -0.2) is 4.79 Å². The molecule has 0 spiro atoms. The molecular weight excluding hydrogens is 156 g/mol. The van der Waals surface area contributed by atoms with Gasteiger partial charge in [0.15, 0.2) is 0 Å². The molecule has 0 N–H and O–H groups in total. The molecule has 0 fully saturated rings. The zero-order chi connectivity index (χ0) is 9.72. The fourth-order valence-electron chi connectivity index (χ4n) is 1.20. The first-order chi connectivity index (χ1) is 5.49. The zero-order valence-corrected chi connectivity index (χ0v) is 8.46. The Morgan fingerprint density at radius 2 is 1.50 bits per heavy atom. The molecule has 0 saturated heterocycles. The van der Waals surface area contributed by atoms with E-state index in [0.717, 1.165) is 0 Å². The van der Waals surface area contributed by atoms with E-state index in [0.29, 0.717) is 11.8 Å². The fourth-order valence-corrected chi connectivity index (χ4v) is 1.20. The van der Waals surface area contributed by atoms with E-state index in [1.165, 1.54) is 7.11 Å². The van der Waals surface area contributed by atoms with E-state index in [1.807, 2.05) is 27.7 Å². The van der Waals surface area contributed by atoms with Crippen molar-refractivity contribution in [3.63, 3.8) is 0 Å². The fraction of sp³-hybridized carbons (Fsp3) is 0.889. The van der Waals surface area contributed by atoms with Crippen LogP contribution < -0.4 is 0 Å². The molecule has 0 unspecified atom stereocenters. The maximum absolute atomic E-state index is 10.8. The van der Waals surface area contributed by atoms with Gasteiger partial charge in [-0.05, 0) is 11.8 Å². The first-order valence-corrected chi connectivity index (χ1v) is 4.23. The summed E-state index contributed by atoms with van der Waals surface area (Å²) >= 11 is 0. The topological polar surface area (TPSA) is 35.5 Å². The monoisotopic (exact) mass is 174 g/mol. The van der Waals surface area contributed by atoms with Crippen molar-refractivity contribution in [2.75, 3.05) is 7.11 Å². The Morgan fingerprint density at radius 3 is 1.75 bits per heavy atom. The van der Waals surface area contributed by atoms with Crippen LogP contribution in [0.2, 0.25) is 0 Å². The zero-order valence-electron chi connectivity index (χ0n) is 8.46. The van der Waals surface area contributed by atoms with Gasteiger partial charge in [-0.15, -0.1) is 0 Å². The summed E-state index contributed by atoms with van der Waals surface area (Å²) in [6.07, 6.45) is -0.653. The second kappa shape index (κ2) is 5.01. The highest BCUT2D eigenvalue weighted by molar-refractivity contribution is 5.59. The minimum atomic E-state index is -0.595. The number of carbonyl (C=O) groups excluding carboxylic acids is 1. The highest BCUT2D eigenvalue weighted by atomic mass is 16.7. The van der Waals surface area contributed by atoms with Gasteiger partial charge in [0.1, 0.15) is 6.10 Å². The van der Waals surface area contributed by atoms with Crippen LogP contribution in [0.4, 0.5) is 4.79 Å². The van der Waals surface area contributed by atoms with Crippen LogP contribution in [0.3, 0.4) is 0 Å². The number of rotatable bonds is 3. The third-order valence-electron chi connectivity index (χ3n) is 1.71. The highest BCUT2D eigenvalue weighted by Crippen LogP contribution is 2.16. The number of carbonyl (C=O) groups is 1. The lowest BCUT2D eigenvalue weighted by atomic mass is 9.96. The van der Waals surface area contributed by atoms with Gasteiger partial charge in [0.05, 0.1) is 7.11 Å². The standard InChI is InChI=1S/C9H18O3/c1-6(2)8(7(3)4)12-9(10)11-5/h6-8H,1-5H3. The van der Waals surface area contributed by atoms with Gasteiger partial charge >= 0.3 is 6.16 Å². The quantitative estimate of drug-likeness (QED) is 0.616. The second-order valence-electron chi connectivity index (χ2n) is 3.52. The van der Waals surface area contributed by atoms with Crippen molar-refractivity contribution in [3.05, 3.63) is 0 Å². The molecule has 0 radical (unpaired) electrons. The van der Waals surface area contributed by atoms with Crippen molar-refractivity contribution in [3.8, 4) is 0 Å². The molecule has 72 valence electrons. The lowest BCUT2D eigenvalue weighted by molar-refractivity contribution is -0.000982. The van der Waals surface area contributed by atoms with E-state index >= 15 is 0 Å². The smallest absolute Gasteiger partial charge is 0.438 e. The van der Waals surface area contributed by atoms with Crippen molar-refractivity contribution in [2.45, 2.75) is 33.8 Å². The molecule has 0 aromatic heterocycles. The third-order valence-corrected chi connectivity index (χ3v) is 1.71. The summed E-state index contributed by atoms with van der Waals surface area (Å²) in [4.78, 5) is 10.8. The van der Waals surface area contributed by atoms with Crippen LogP contribution in [0.5, 0.6) is 0 Å². The molecule has 3 heteroatoms. The lowest BCUT2D eigenvalue weighted by Crippen LogP contribution is -2.28. The second-order valence-corrected chi connectivity index (χ2v) is 3.52. The van der Waals surface area contributed by atoms with Crippen LogP contribution in [0.15, 0.2) is 0 Å². The Labute approximate surface area is 74.0 Å². The van der Waals surface area contributed by atoms with Gasteiger partial charge in [-0.2, -0.15) is 0 Å². The van der Waals surface area contributed by atoms with Crippen LogP contribution in [-0.4, -0.2) is 19.4 Å². The molecule has 0 rings (SSSR count). The number of ether oxygens (including phenoxy) is 2. The van der Waals surface area contributed by atoms with Crippen molar-refractivity contribution in [1.82, 2.24) is 0 Å². The minimum Gasteiger partial charge on any atom is -0.438 e. The van der Waals surface area contributed by atoms with Crippen molar-refractivity contribution in [2.24, 2.45) is 11.8 Å². The summed E-state index contributed by atoms with van der Waals surface area (Å²) < 4.78 is 9.48. The van der Waals surface area contributed by atoms with E-state index in [2.05, 4.69) is 4.74 Å². The third kappa shape index (κ3) is 3.60. The molecule has 0 heterocycles. The van der Waals surface area contributed by atoms with Crippen LogP contribution in [-0.2, 0) is 9.47 Å². The summed E-state index contributed by atoms with van der Waals surface area (Å²) in [7, 11) is 1.32. The molecule has 0 saturated carbocycles. The van der Waals surface area contributed by atoms with Gasteiger partial charge in [-0.3, -0.25) is 0 Å². The Bertz CT molecular complexity index is 133. The minimum absolute atomic E-state index is 0.0579. The molecule has 0 aliphatic heterocycles. The maximum atomic E-state index is 10.8. The van der Waals surface area contributed by atoms with Crippen molar-refractivity contribution in [1.29, 1.82) is 0 Å². The molecule has 3 nitrogen and oxygen atoms in total. The van der Waals surface area contributed by atoms with Crippen LogP contribution >= 0.6 is 0 Å². The van der Waals surface area contributed by atoms with Gasteiger partial charge in [0.25, 0.3) is 0 Å². The first kappa shape index (κ1) is 11.3. The van der Waals surface area contributed by atoms with Crippen LogP contribution in [0, 0.1) is 11.8 Å². The average Bonchev–Trinajstić information content (AvgIpc) is 1.98. The predicted octanol–water partition coefficient (Wildman–Crippen LogP) is 2.45. The van der Waals surface area contributed by atoms with Gasteiger partial charge in [-0.1, -0.05) is 27.7 Å². The maximum Gasteiger partial charge on any atom is 0.508 e. The lowest BCUT2D eigenvalue weighted by Gasteiger charge is -2.23. The molecule has 0 aliphatic rings. The van der Waals surface area contributed by atoms with E-state index in [1.54, 1.807) is 0 Å². The largest absolute Gasteiger partial charge is 0.508 e. The summed E-state index contributed by atoms with van der Waals surface area (Å²) in [5.74, 6) is 0.646. The molecule has 0 atom stereocenters. The molecule has 0 aromatic rings. The molecule has 0 aliphatic carbocycles. The number of hydrogen-bond donors (Lipinski definition) is 0. The predicted molar refractivity (Wildman–Crippen MR) is 47.0 cm³/mol. The van der Waals surface area contributed by atoms with E-state index < -0.39 is 6.16 Å². The summed E-state index contributed by atoms with van der Waals surface area (Å²) in [6.45, 7) is 8.09. The van der Waals surface area contributed by atoms with E-state index in [4.69, 9.17) is 4.74 Å². The summed E-state index contributed by atoms with van der Waals surface area (Å²) in [6, 6.07) is 0. The van der Waals surface area contributed by atoms with Gasteiger partial charge in [0.2, 0.25) is 0 Å². The Hall–Kier alpha value is -0.730. The molecule has 0 amide bonds. The van der Waals surface area contributed by atoms with Crippen LogP contribution in [0.25, 0.3) is 0 Å². The van der Waals surface area contributed by atoms with E-state index in [9.17, 15) is 4.79 Å². The summed E-state index contributed by atoms with van der Waals surface area (Å²) in [5, 5.41) is 0. The number of methoxy groups -OCH3 is 1. The van der Waals surface area contributed by atoms with E-state index in [-0.39, 0.29) is 6.10 Å².